The normalized spacial score (nSPS) is 10.9. The highest BCUT2D eigenvalue weighted by Gasteiger charge is 2.15. The first kappa shape index (κ1) is 14.5. The number of rotatable bonds is 3. The lowest BCUT2D eigenvalue weighted by Gasteiger charge is -2.20. The second kappa shape index (κ2) is 5.87. The Morgan fingerprint density at radius 1 is 1.17 bits per heavy atom. The van der Waals surface area contributed by atoms with Gasteiger partial charge < -0.3 is 10.6 Å². The molecule has 1 aromatic rings. The second-order valence-electron chi connectivity index (χ2n) is 4.96. The van der Waals surface area contributed by atoms with Gasteiger partial charge in [0.15, 0.2) is 0 Å². The summed E-state index contributed by atoms with van der Waals surface area (Å²) in [5.74, 6) is -0.506. The van der Waals surface area contributed by atoms with E-state index >= 15 is 0 Å². The van der Waals surface area contributed by atoms with E-state index in [9.17, 15) is 9.59 Å². The molecule has 0 aliphatic carbocycles. The zero-order chi connectivity index (χ0) is 13.8. The third-order valence-corrected chi connectivity index (χ3v) is 2.28. The maximum Gasteiger partial charge on any atom is 0.251 e. The first-order valence-electron chi connectivity index (χ1n) is 5.60. The minimum absolute atomic E-state index is 0.0910. The monoisotopic (exact) mass is 268 g/mol. The topological polar surface area (TPSA) is 58.2 Å². The van der Waals surface area contributed by atoms with Crippen molar-refractivity contribution in [2.45, 2.75) is 26.3 Å². The Morgan fingerprint density at radius 2 is 1.72 bits per heavy atom. The van der Waals surface area contributed by atoms with Crippen LogP contribution in [0.15, 0.2) is 24.3 Å². The molecule has 0 saturated carbocycles. The Hall–Kier alpha value is -1.55. The van der Waals surface area contributed by atoms with Crippen molar-refractivity contribution >= 4 is 29.1 Å². The molecule has 2 N–H and O–H groups in total. The molecular weight excluding hydrogens is 252 g/mol. The average molecular weight is 269 g/mol. The first-order chi connectivity index (χ1) is 8.31. The number of halogens is 1. The van der Waals surface area contributed by atoms with Crippen LogP contribution in [-0.4, -0.2) is 23.2 Å². The zero-order valence-corrected chi connectivity index (χ0v) is 11.5. The lowest BCUT2D eigenvalue weighted by Crippen LogP contribution is -2.40. The molecule has 0 radical (unpaired) electrons. The largest absolute Gasteiger partial charge is 0.347 e. The van der Waals surface area contributed by atoms with Gasteiger partial charge in [-0.15, -0.1) is 11.6 Å². The lowest BCUT2D eigenvalue weighted by atomic mass is 10.1. The van der Waals surface area contributed by atoms with Gasteiger partial charge in [-0.2, -0.15) is 0 Å². The van der Waals surface area contributed by atoms with Crippen LogP contribution < -0.4 is 10.6 Å². The van der Waals surface area contributed by atoms with Crippen LogP contribution in [-0.2, 0) is 4.79 Å². The van der Waals surface area contributed by atoms with E-state index in [0.717, 1.165) is 0 Å². The molecular formula is C13H17ClN2O2. The Labute approximate surface area is 112 Å². The van der Waals surface area contributed by atoms with E-state index in [-0.39, 0.29) is 23.2 Å². The molecule has 2 amide bonds. The third-order valence-electron chi connectivity index (χ3n) is 2.04. The smallest absolute Gasteiger partial charge is 0.251 e. The Morgan fingerprint density at radius 3 is 2.17 bits per heavy atom. The molecule has 0 atom stereocenters. The van der Waals surface area contributed by atoms with Crippen molar-refractivity contribution in [3.05, 3.63) is 29.8 Å². The molecule has 0 aliphatic rings. The minimum atomic E-state index is -0.275. The summed E-state index contributed by atoms with van der Waals surface area (Å²) < 4.78 is 0. The van der Waals surface area contributed by atoms with Crippen molar-refractivity contribution in [2.75, 3.05) is 11.2 Å². The Balaban J connectivity index is 2.71. The quantitative estimate of drug-likeness (QED) is 0.827. The van der Waals surface area contributed by atoms with Gasteiger partial charge in [0, 0.05) is 16.8 Å². The van der Waals surface area contributed by atoms with Crippen LogP contribution in [0.2, 0.25) is 0 Å². The summed E-state index contributed by atoms with van der Waals surface area (Å²) in [7, 11) is 0. The fourth-order valence-electron chi connectivity index (χ4n) is 1.31. The van der Waals surface area contributed by atoms with Gasteiger partial charge in [-0.05, 0) is 45.0 Å². The van der Waals surface area contributed by atoms with Gasteiger partial charge in [-0.3, -0.25) is 9.59 Å². The van der Waals surface area contributed by atoms with E-state index in [1.54, 1.807) is 24.3 Å². The van der Waals surface area contributed by atoms with Crippen LogP contribution in [0.3, 0.4) is 0 Å². The second-order valence-corrected chi connectivity index (χ2v) is 5.23. The fourth-order valence-corrected chi connectivity index (χ4v) is 1.38. The lowest BCUT2D eigenvalue weighted by molar-refractivity contribution is -0.113. The van der Waals surface area contributed by atoms with E-state index < -0.39 is 0 Å². The molecule has 1 aromatic carbocycles. The van der Waals surface area contributed by atoms with Crippen molar-refractivity contribution < 1.29 is 9.59 Å². The number of hydrogen-bond donors (Lipinski definition) is 2. The van der Waals surface area contributed by atoms with E-state index in [2.05, 4.69) is 10.6 Å². The molecule has 0 spiro atoms. The standard InChI is InChI=1S/C13H17ClN2O2/c1-13(2,3)16-12(18)9-4-6-10(7-5-9)15-11(17)8-14/h4-7H,8H2,1-3H3,(H,15,17)(H,16,18). The van der Waals surface area contributed by atoms with Crippen molar-refractivity contribution in [1.82, 2.24) is 5.32 Å². The summed E-state index contributed by atoms with van der Waals surface area (Å²) in [5.41, 5.74) is 0.893. The van der Waals surface area contributed by atoms with Gasteiger partial charge in [0.25, 0.3) is 5.91 Å². The number of hydrogen-bond acceptors (Lipinski definition) is 2. The van der Waals surface area contributed by atoms with Crippen molar-refractivity contribution in [1.29, 1.82) is 0 Å². The van der Waals surface area contributed by atoms with Crippen LogP contribution in [0.1, 0.15) is 31.1 Å². The summed E-state index contributed by atoms with van der Waals surface area (Å²) in [6, 6.07) is 6.65. The van der Waals surface area contributed by atoms with Gasteiger partial charge in [-0.1, -0.05) is 0 Å². The van der Waals surface area contributed by atoms with Crippen LogP contribution in [0.4, 0.5) is 5.69 Å². The molecule has 0 fully saturated rings. The van der Waals surface area contributed by atoms with E-state index in [4.69, 9.17) is 11.6 Å². The summed E-state index contributed by atoms with van der Waals surface area (Å²) >= 11 is 5.38. The summed E-state index contributed by atoms with van der Waals surface area (Å²) in [5, 5.41) is 5.46. The van der Waals surface area contributed by atoms with Crippen LogP contribution in [0, 0.1) is 0 Å². The van der Waals surface area contributed by atoms with Gasteiger partial charge in [0.05, 0.1) is 0 Å². The summed E-state index contributed by atoms with van der Waals surface area (Å²) in [6.07, 6.45) is 0. The number of benzene rings is 1. The molecule has 0 aromatic heterocycles. The van der Waals surface area contributed by atoms with Gasteiger partial charge >= 0.3 is 0 Å². The van der Waals surface area contributed by atoms with Crippen LogP contribution in [0.5, 0.6) is 0 Å². The van der Waals surface area contributed by atoms with Crippen molar-refractivity contribution in [3.8, 4) is 0 Å². The maximum absolute atomic E-state index is 11.8. The highest BCUT2D eigenvalue weighted by Crippen LogP contribution is 2.11. The maximum atomic E-state index is 11.8. The first-order valence-corrected chi connectivity index (χ1v) is 6.13. The third kappa shape index (κ3) is 4.75. The zero-order valence-electron chi connectivity index (χ0n) is 10.7. The molecule has 5 heteroatoms. The predicted molar refractivity (Wildman–Crippen MR) is 73.0 cm³/mol. The van der Waals surface area contributed by atoms with Gasteiger partial charge in [-0.25, -0.2) is 0 Å². The molecule has 98 valence electrons. The number of nitrogens with one attached hydrogen (secondary N) is 2. The summed E-state index contributed by atoms with van der Waals surface area (Å²) in [4.78, 5) is 22.9. The molecule has 0 saturated heterocycles. The SMILES string of the molecule is CC(C)(C)NC(=O)c1ccc(NC(=O)CCl)cc1. The molecule has 1 rings (SSSR count). The summed E-state index contributed by atoms with van der Waals surface area (Å²) in [6.45, 7) is 5.75. The highest BCUT2D eigenvalue weighted by molar-refractivity contribution is 6.29. The van der Waals surface area contributed by atoms with Crippen molar-refractivity contribution in [3.63, 3.8) is 0 Å². The molecule has 0 bridgehead atoms. The fraction of sp³-hybridized carbons (Fsp3) is 0.385. The molecule has 0 heterocycles. The predicted octanol–water partition coefficient (Wildman–Crippen LogP) is 2.39. The minimum Gasteiger partial charge on any atom is -0.347 e. The highest BCUT2D eigenvalue weighted by atomic mass is 35.5. The number of alkyl halides is 1. The Kier molecular flexibility index (Phi) is 4.73. The van der Waals surface area contributed by atoms with E-state index in [1.807, 2.05) is 20.8 Å². The van der Waals surface area contributed by atoms with E-state index in [1.165, 1.54) is 0 Å². The number of anilines is 1. The van der Waals surface area contributed by atoms with Crippen molar-refractivity contribution in [2.24, 2.45) is 0 Å². The Bertz CT molecular complexity index is 435. The number of carbonyl (C=O) groups excluding carboxylic acids is 2. The molecule has 0 aliphatic heterocycles. The molecule has 0 unspecified atom stereocenters. The molecule has 18 heavy (non-hydrogen) atoms. The number of carbonyl (C=O) groups is 2. The van der Waals surface area contributed by atoms with Crippen LogP contribution in [0.25, 0.3) is 0 Å². The van der Waals surface area contributed by atoms with E-state index in [0.29, 0.717) is 11.3 Å². The van der Waals surface area contributed by atoms with Gasteiger partial charge in [0.2, 0.25) is 5.91 Å². The molecule has 4 nitrogen and oxygen atoms in total. The number of amides is 2. The average Bonchev–Trinajstić information content (AvgIpc) is 2.27. The van der Waals surface area contributed by atoms with Crippen LogP contribution >= 0.6 is 11.6 Å². The van der Waals surface area contributed by atoms with Gasteiger partial charge in [0.1, 0.15) is 5.88 Å².